The molecule has 0 saturated carbocycles. The Labute approximate surface area is 143 Å². The average molecular weight is 331 g/mol. The Morgan fingerprint density at radius 1 is 0.792 bits per heavy atom. The Kier molecular flexibility index (Phi) is 3.39. The van der Waals surface area contributed by atoms with Crippen LogP contribution in [-0.2, 0) is 6.42 Å². The Bertz CT molecular complexity index is 927. The zero-order valence-corrected chi connectivity index (χ0v) is 15.6. The fraction of sp³-hybridized carbons (Fsp3) is 0.250. The zero-order chi connectivity index (χ0) is 16.9. The first-order valence-corrected chi connectivity index (χ1v) is 11.4. The van der Waals surface area contributed by atoms with Gasteiger partial charge in [-0.3, -0.25) is 0 Å². The summed E-state index contributed by atoms with van der Waals surface area (Å²) in [6.07, 6.45) is 0.762. The lowest BCUT2D eigenvalue weighted by atomic mass is 10.0. The van der Waals surface area contributed by atoms with Gasteiger partial charge in [-0.2, -0.15) is 0 Å². The average Bonchev–Trinajstić information content (AvgIpc) is 2.75. The maximum absolute atomic E-state index is 4.49. The number of fused-ring (bicyclic) bond motifs is 3. The van der Waals surface area contributed by atoms with E-state index in [1.807, 2.05) is 13.8 Å². The maximum Gasteiger partial charge on any atom is 0.136 e. The molecule has 0 spiro atoms. The SMILES string of the molecule is Cc1nc(C)nc(Cc2ccc3c(c2)[Si](C)(C)c2ccccc2-3)n1. The van der Waals surface area contributed by atoms with Gasteiger partial charge in [0.1, 0.15) is 25.5 Å². The Balaban J connectivity index is 1.76. The standard InChI is InChI=1S/C20H21N3Si/c1-13-21-14(2)23-20(22-13)12-15-9-10-17-16-7-5-6-8-18(16)24(3,4)19(17)11-15/h5-11H,12H2,1-4H3. The zero-order valence-electron chi connectivity index (χ0n) is 14.6. The summed E-state index contributed by atoms with van der Waals surface area (Å²) in [5.74, 6) is 2.44. The summed E-state index contributed by atoms with van der Waals surface area (Å²) in [5.41, 5.74) is 4.11. The van der Waals surface area contributed by atoms with E-state index < -0.39 is 8.07 Å². The number of nitrogens with zero attached hydrogens (tertiary/aromatic N) is 3. The molecule has 0 N–H and O–H groups in total. The van der Waals surface area contributed by atoms with Crippen LogP contribution < -0.4 is 10.4 Å². The summed E-state index contributed by atoms with van der Waals surface area (Å²) in [4.78, 5) is 13.2. The van der Waals surface area contributed by atoms with Crippen molar-refractivity contribution in [3.63, 3.8) is 0 Å². The molecule has 2 aromatic carbocycles. The Hall–Kier alpha value is -2.33. The number of aryl methyl sites for hydroxylation is 2. The quantitative estimate of drug-likeness (QED) is 0.678. The molecule has 1 aliphatic heterocycles. The summed E-state index contributed by atoms with van der Waals surface area (Å²) in [7, 11) is -1.61. The summed E-state index contributed by atoms with van der Waals surface area (Å²) in [6, 6.07) is 15.8. The number of benzene rings is 2. The van der Waals surface area contributed by atoms with Crippen molar-refractivity contribution in [2.75, 3.05) is 0 Å². The smallest absolute Gasteiger partial charge is 0.136 e. The fourth-order valence-electron chi connectivity index (χ4n) is 3.81. The molecule has 24 heavy (non-hydrogen) atoms. The minimum Gasteiger partial charge on any atom is -0.219 e. The van der Waals surface area contributed by atoms with Crippen molar-refractivity contribution < 1.29 is 0 Å². The van der Waals surface area contributed by atoms with Gasteiger partial charge >= 0.3 is 0 Å². The third kappa shape index (κ3) is 2.38. The summed E-state index contributed by atoms with van der Waals surface area (Å²) in [6.45, 7) is 8.73. The second-order valence-corrected chi connectivity index (χ2v) is 11.4. The highest BCUT2D eigenvalue weighted by Gasteiger charge is 2.37. The lowest BCUT2D eigenvalue weighted by Crippen LogP contribution is -2.49. The molecule has 0 aliphatic carbocycles. The normalized spacial score (nSPS) is 14.3. The van der Waals surface area contributed by atoms with Crippen molar-refractivity contribution in [2.45, 2.75) is 33.4 Å². The molecule has 3 nitrogen and oxygen atoms in total. The molecular formula is C20H21N3Si. The molecule has 0 radical (unpaired) electrons. The molecule has 3 aromatic rings. The summed E-state index contributed by atoms with van der Waals surface area (Å²) >= 11 is 0. The van der Waals surface area contributed by atoms with Crippen LogP contribution in [0.3, 0.4) is 0 Å². The third-order valence-corrected chi connectivity index (χ3v) is 8.46. The second kappa shape index (κ2) is 5.35. The lowest BCUT2D eigenvalue weighted by molar-refractivity contribution is 0.843. The van der Waals surface area contributed by atoms with Crippen LogP contribution in [-0.4, -0.2) is 23.0 Å². The molecule has 0 unspecified atom stereocenters. The van der Waals surface area contributed by atoms with Gasteiger partial charge in [0.15, 0.2) is 0 Å². The molecular weight excluding hydrogens is 310 g/mol. The summed E-state index contributed by atoms with van der Waals surface area (Å²) in [5, 5.41) is 3.08. The number of rotatable bonds is 2. The van der Waals surface area contributed by atoms with Gasteiger partial charge in [-0.05, 0) is 40.9 Å². The van der Waals surface area contributed by atoms with Crippen LogP contribution >= 0.6 is 0 Å². The van der Waals surface area contributed by atoms with Gasteiger partial charge in [-0.15, -0.1) is 0 Å². The predicted molar refractivity (Wildman–Crippen MR) is 101 cm³/mol. The van der Waals surface area contributed by atoms with Gasteiger partial charge in [0, 0.05) is 6.42 Å². The summed E-state index contributed by atoms with van der Waals surface area (Å²) < 4.78 is 0. The molecule has 0 amide bonds. The highest BCUT2D eigenvalue weighted by Crippen LogP contribution is 2.28. The van der Waals surface area contributed by atoms with Gasteiger partial charge in [-0.1, -0.05) is 55.6 Å². The van der Waals surface area contributed by atoms with Crippen LogP contribution in [0.1, 0.15) is 23.0 Å². The topological polar surface area (TPSA) is 38.7 Å². The van der Waals surface area contributed by atoms with E-state index in [-0.39, 0.29) is 0 Å². The van der Waals surface area contributed by atoms with E-state index in [4.69, 9.17) is 0 Å². The van der Waals surface area contributed by atoms with Crippen molar-refractivity contribution in [2.24, 2.45) is 0 Å². The minimum absolute atomic E-state index is 0.762. The van der Waals surface area contributed by atoms with Gasteiger partial charge in [0.05, 0.1) is 0 Å². The van der Waals surface area contributed by atoms with Crippen molar-refractivity contribution in [1.29, 1.82) is 0 Å². The Morgan fingerprint density at radius 3 is 2.21 bits per heavy atom. The van der Waals surface area contributed by atoms with E-state index >= 15 is 0 Å². The largest absolute Gasteiger partial charge is 0.219 e. The van der Waals surface area contributed by atoms with Crippen LogP contribution in [0.5, 0.6) is 0 Å². The molecule has 2 heterocycles. The number of aromatic nitrogens is 3. The van der Waals surface area contributed by atoms with Crippen LogP contribution in [0.2, 0.25) is 13.1 Å². The molecule has 0 saturated heterocycles. The van der Waals surface area contributed by atoms with Gasteiger partial charge in [0.2, 0.25) is 0 Å². The highest BCUT2D eigenvalue weighted by molar-refractivity contribution is 7.03. The lowest BCUT2D eigenvalue weighted by Gasteiger charge is -2.19. The first-order valence-electron chi connectivity index (χ1n) is 8.36. The molecule has 0 atom stereocenters. The molecule has 4 heteroatoms. The molecule has 0 bridgehead atoms. The van der Waals surface area contributed by atoms with E-state index in [1.54, 1.807) is 5.19 Å². The molecule has 4 rings (SSSR count). The van der Waals surface area contributed by atoms with E-state index in [1.165, 1.54) is 21.9 Å². The van der Waals surface area contributed by atoms with E-state index in [2.05, 4.69) is 70.5 Å². The van der Waals surface area contributed by atoms with Gasteiger partial charge < -0.3 is 0 Å². The van der Waals surface area contributed by atoms with Crippen molar-refractivity contribution in [1.82, 2.24) is 15.0 Å². The molecule has 0 fully saturated rings. The highest BCUT2D eigenvalue weighted by atomic mass is 28.3. The van der Waals surface area contributed by atoms with Crippen LogP contribution in [0.15, 0.2) is 42.5 Å². The first kappa shape index (κ1) is 15.2. The number of hydrogen-bond donors (Lipinski definition) is 0. The predicted octanol–water partition coefficient (Wildman–Crippen LogP) is 2.88. The van der Waals surface area contributed by atoms with E-state index in [0.717, 1.165) is 23.9 Å². The van der Waals surface area contributed by atoms with Gasteiger partial charge in [0.25, 0.3) is 0 Å². The van der Waals surface area contributed by atoms with Crippen molar-refractivity contribution >= 4 is 18.4 Å². The minimum atomic E-state index is -1.61. The molecule has 1 aliphatic rings. The Morgan fingerprint density at radius 2 is 1.46 bits per heavy atom. The van der Waals surface area contributed by atoms with Crippen molar-refractivity contribution in [3.8, 4) is 11.1 Å². The number of hydrogen-bond acceptors (Lipinski definition) is 3. The monoisotopic (exact) mass is 331 g/mol. The van der Waals surface area contributed by atoms with Crippen LogP contribution in [0.25, 0.3) is 11.1 Å². The second-order valence-electron chi connectivity index (χ2n) is 7.07. The molecule has 1 aromatic heterocycles. The van der Waals surface area contributed by atoms with Crippen LogP contribution in [0.4, 0.5) is 0 Å². The van der Waals surface area contributed by atoms with E-state index in [9.17, 15) is 0 Å². The fourth-order valence-corrected chi connectivity index (χ4v) is 6.94. The molecule has 120 valence electrons. The third-order valence-electron chi connectivity index (χ3n) is 4.92. The van der Waals surface area contributed by atoms with Crippen LogP contribution in [0, 0.1) is 13.8 Å². The van der Waals surface area contributed by atoms with E-state index in [0.29, 0.717) is 0 Å². The first-order chi connectivity index (χ1) is 11.4. The van der Waals surface area contributed by atoms with Gasteiger partial charge in [-0.25, -0.2) is 15.0 Å². The maximum atomic E-state index is 4.49. The van der Waals surface area contributed by atoms with Crippen molar-refractivity contribution in [3.05, 3.63) is 65.5 Å².